The van der Waals surface area contributed by atoms with Gasteiger partial charge in [-0.3, -0.25) is 4.79 Å². The van der Waals surface area contributed by atoms with Crippen LogP contribution in [0.2, 0.25) is 0 Å². The fourth-order valence-corrected chi connectivity index (χ4v) is 5.24. The van der Waals surface area contributed by atoms with Gasteiger partial charge in [0.05, 0.1) is 26.2 Å². The lowest BCUT2D eigenvalue weighted by molar-refractivity contribution is -0.222. The van der Waals surface area contributed by atoms with Gasteiger partial charge in [0, 0.05) is 32.6 Å². The van der Waals surface area contributed by atoms with Crippen molar-refractivity contribution >= 4 is 24.0 Å². The zero-order chi connectivity index (χ0) is 33.8. The predicted octanol–water partition coefficient (Wildman–Crippen LogP) is 7.02. The summed E-state index contributed by atoms with van der Waals surface area (Å²) in [6, 6.07) is 14.9. The van der Waals surface area contributed by atoms with E-state index in [0.29, 0.717) is 24.3 Å². The van der Waals surface area contributed by atoms with Gasteiger partial charge in [-0.1, -0.05) is 36.4 Å². The van der Waals surface area contributed by atoms with Crippen molar-refractivity contribution in [2.45, 2.75) is 96.9 Å². The van der Waals surface area contributed by atoms with Gasteiger partial charge >= 0.3 is 17.9 Å². The van der Waals surface area contributed by atoms with Gasteiger partial charge in [0.1, 0.15) is 17.1 Å². The van der Waals surface area contributed by atoms with Gasteiger partial charge in [-0.15, -0.1) is 0 Å². The fourth-order valence-electron chi connectivity index (χ4n) is 5.24. The van der Waals surface area contributed by atoms with E-state index in [0.717, 1.165) is 68.6 Å². The van der Waals surface area contributed by atoms with Crippen molar-refractivity contribution in [1.82, 2.24) is 0 Å². The number of carbonyl (C=O) groups is 3. The molecule has 0 amide bonds. The molecule has 0 bridgehead atoms. The minimum absolute atomic E-state index is 0.0333. The number of cyclic esters (lactones) is 2. The molecule has 47 heavy (non-hydrogen) atoms. The zero-order valence-electron chi connectivity index (χ0n) is 27.8. The van der Waals surface area contributed by atoms with Crippen LogP contribution < -0.4 is 9.47 Å². The number of esters is 3. The third-order valence-corrected chi connectivity index (χ3v) is 7.67. The SMILES string of the molecule is C=C(C)C(CC(=O)OCC)c1ccc(OC2CCCCO2)cc1.CC1(C)OC(=O)C(=Cc2ccc(OC3CCCCO3)cc2)C(=O)O1. The highest BCUT2D eigenvalue weighted by molar-refractivity contribution is 6.18. The Kier molecular flexibility index (Phi) is 13.0. The van der Waals surface area contributed by atoms with Crippen LogP contribution in [0.1, 0.15) is 89.7 Å². The Balaban J connectivity index is 0.000000213. The van der Waals surface area contributed by atoms with Crippen LogP contribution in [-0.4, -0.2) is 56.1 Å². The monoisotopic (exact) mass is 650 g/mol. The molecule has 0 spiro atoms. The summed E-state index contributed by atoms with van der Waals surface area (Å²) in [7, 11) is 0. The summed E-state index contributed by atoms with van der Waals surface area (Å²) in [4.78, 5) is 35.6. The zero-order valence-corrected chi connectivity index (χ0v) is 27.8. The Morgan fingerprint density at radius 3 is 1.83 bits per heavy atom. The van der Waals surface area contributed by atoms with Gasteiger partial charge in [-0.2, -0.15) is 0 Å². The van der Waals surface area contributed by atoms with Gasteiger partial charge in [0.15, 0.2) is 12.6 Å². The molecule has 0 radical (unpaired) electrons. The molecule has 3 unspecified atom stereocenters. The number of rotatable bonds is 10. The Bertz CT molecular complexity index is 1360. The first kappa shape index (κ1) is 35.7. The van der Waals surface area contributed by atoms with Crippen molar-refractivity contribution < 1.29 is 47.5 Å². The molecule has 0 N–H and O–H groups in total. The summed E-state index contributed by atoms with van der Waals surface area (Å²) in [5, 5.41) is 0. The number of ether oxygens (including phenoxy) is 7. The summed E-state index contributed by atoms with van der Waals surface area (Å²) in [6.45, 7) is 12.7. The number of carbonyl (C=O) groups excluding carboxylic acids is 3. The molecule has 3 fully saturated rings. The van der Waals surface area contributed by atoms with Crippen LogP contribution >= 0.6 is 0 Å². The smallest absolute Gasteiger partial charge is 0.348 e. The molecule has 2 aromatic rings. The maximum absolute atomic E-state index is 11.9. The second-order valence-corrected chi connectivity index (χ2v) is 12.1. The summed E-state index contributed by atoms with van der Waals surface area (Å²) in [5.74, 6) is -1.37. The molecule has 10 heteroatoms. The van der Waals surface area contributed by atoms with E-state index >= 15 is 0 Å². The van der Waals surface area contributed by atoms with Crippen molar-refractivity contribution in [3.8, 4) is 11.5 Å². The normalized spacial score (nSPS) is 21.1. The molecule has 0 aromatic heterocycles. The van der Waals surface area contributed by atoms with Crippen molar-refractivity contribution in [3.05, 3.63) is 77.4 Å². The van der Waals surface area contributed by atoms with E-state index in [4.69, 9.17) is 33.2 Å². The quantitative estimate of drug-likeness (QED) is 0.115. The summed E-state index contributed by atoms with van der Waals surface area (Å²) in [5.41, 5.74) is 2.54. The highest BCUT2D eigenvalue weighted by Gasteiger charge is 2.38. The van der Waals surface area contributed by atoms with Gasteiger partial charge in [0.2, 0.25) is 0 Å². The lowest BCUT2D eigenvalue weighted by Gasteiger charge is -2.29. The van der Waals surface area contributed by atoms with Crippen LogP contribution in [0.5, 0.6) is 11.5 Å². The van der Waals surface area contributed by atoms with Crippen LogP contribution in [0.25, 0.3) is 6.08 Å². The summed E-state index contributed by atoms with van der Waals surface area (Å²) >= 11 is 0. The lowest BCUT2D eigenvalue weighted by atomic mass is 9.90. The Morgan fingerprint density at radius 2 is 1.38 bits per heavy atom. The fraction of sp³-hybridized carbons (Fsp3) is 0.486. The van der Waals surface area contributed by atoms with Crippen molar-refractivity contribution in [2.75, 3.05) is 19.8 Å². The largest absolute Gasteiger partial charge is 0.466 e. The van der Waals surface area contributed by atoms with E-state index in [-0.39, 0.29) is 30.0 Å². The van der Waals surface area contributed by atoms with Gasteiger partial charge in [0.25, 0.3) is 5.79 Å². The molecular formula is C37H46O10. The molecule has 3 atom stereocenters. The van der Waals surface area contributed by atoms with Crippen LogP contribution in [0, 0.1) is 0 Å². The minimum Gasteiger partial charge on any atom is -0.466 e. The lowest BCUT2D eigenvalue weighted by Crippen LogP contribution is -2.41. The second-order valence-electron chi connectivity index (χ2n) is 12.1. The molecule has 3 aliphatic rings. The molecule has 5 rings (SSSR count). The first-order chi connectivity index (χ1) is 22.5. The summed E-state index contributed by atoms with van der Waals surface area (Å²) in [6.07, 6.45) is 7.60. The van der Waals surface area contributed by atoms with E-state index in [2.05, 4.69) is 6.58 Å². The second kappa shape index (κ2) is 17.1. The standard InChI is InChI=1S/C19H26O4.C18H20O6/c1-4-21-18(20)13-17(14(2)3)15-8-10-16(11-9-15)23-19-7-5-6-12-22-19;1-18(2)23-16(19)14(17(20)24-18)11-12-6-8-13(9-7-12)22-15-5-3-4-10-21-15/h8-11,17,19H,2,4-7,12-13H2,1,3H3;6-9,11,15H,3-5,10H2,1-2H3. The molecule has 254 valence electrons. The number of allylic oxidation sites excluding steroid dienone is 1. The average molecular weight is 651 g/mol. The first-order valence-electron chi connectivity index (χ1n) is 16.3. The molecule has 2 aromatic carbocycles. The minimum atomic E-state index is -1.23. The molecule has 3 aliphatic heterocycles. The van der Waals surface area contributed by atoms with E-state index in [1.165, 1.54) is 19.9 Å². The molecular weight excluding hydrogens is 604 g/mol. The number of benzene rings is 2. The van der Waals surface area contributed by atoms with E-state index in [1.807, 2.05) is 38.1 Å². The predicted molar refractivity (Wildman–Crippen MR) is 174 cm³/mol. The maximum atomic E-state index is 11.9. The molecule has 0 aliphatic carbocycles. The topological polar surface area (TPSA) is 116 Å². The van der Waals surface area contributed by atoms with Gasteiger partial charge in [-0.25, -0.2) is 9.59 Å². The van der Waals surface area contributed by atoms with Crippen LogP contribution in [0.4, 0.5) is 0 Å². The van der Waals surface area contributed by atoms with Gasteiger partial charge < -0.3 is 33.2 Å². The van der Waals surface area contributed by atoms with Crippen molar-refractivity contribution in [1.29, 1.82) is 0 Å². The van der Waals surface area contributed by atoms with Crippen LogP contribution in [0.3, 0.4) is 0 Å². The average Bonchev–Trinajstić information content (AvgIpc) is 3.04. The first-order valence-corrected chi connectivity index (χ1v) is 16.3. The molecule has 3 saturated heterocycles. The third kappa shape index (κ3) is 11.3. The number of hydrogen-bond acceptors (Lipinski definition) is 10. The molecule has 0 saturated carbocycles. The van der Waals surface area contributed by atoms with Gasteiger partial charge in [-0.05, 0) is 81.0 Å². The van der Waals surface area contributed by atoms with E-state index in [1.54, 1.807) is 24.3 Å². The summed E-state index contributed by atoms with van der Waals surface area (Å²) < 4.78 is 37.9. The highest BCUT2D eigenvalue weighted by atomic mass is 16.7. The Morgan fingerprint density at radius 1 is 0.872 bits per heavy atom. The van der Waals surface area contributed by atoms with Crippen LogP contribution in [0.15, 0.2) is 66.3 Å². The molecule has 3 heterocycles. The van der Waals surface area contributed by atoms with E-state index in [9.17, 15) is 14.4 Å². The third-order valence-electron chi connectivity index (χ3n) is 7.67. The van der Waals surface area contributed by atoms with Crippen molar-refractivity contribution in [3.63, 3.8) is 0 Å². The van der Waals surface area contributed by atoms with Crippen molar-refractivity contribution in [2.24, 2.45) is 0 Å². The Labute approximate surface area is 277 Å². The van der Waals surface area contributed by atoms with E-state index < -0.39 is 17.7 Å². The molecule has 10 nitrogen and oxygen atoms in total. The number of hydrogen-bond donors (Lipinski definition) is 0. The maximum Gasteiger partial charge on any atom is 0.348 e. The highest BCUT2D eigenvalue weighted by Crippen LogP contribution is 2.30. The Hall–Kier alpha value is -4.15. The van der Waals surface area contributed by atoms with Crippen LogP contribution in [-0.2, 0) is 38.1 Å².